The number of aromatic nitrogens is 1. The number of rotatable bonds is 2. The van der Waals surface area contributed by atoms with Gasteiger partial charge in [-0.3, -0.25) is 4.98 Å². The molecule has 0 fully saturated rings. The molecule has 0 aliphatic rings. The third kappa shape index (κ3) is 2.86. The highest BCUT2D eigenvalue weighted by Gasteiger charge is 2.13. The Morgan fingerprint density at radius 1 is 1.29 bits per heavy atom. The van der Waals surface area contributed by atoms with Crippen molar-refractivity contribution in [3.8, 4) is 0 Å². The maximum Gasteiger partial charge on any atom is 0.0582 e. The summed E-state index contributed by atoms with van der Waals surface area (Å²) in [6.07, 6.45) is 3.58. The lowest BCUT2D eigenvalue weighted by Gasteiger charge is -2.14. The fourth-order valence-electron chi connectivity index (χ4n) is 1.68. The molecule has 0 bridgehead atoms. The van der Waals surface area contributed by atoms with E-state index in [0.29, 0.717) is 5.02 Å². The summed E-state index contributed by atoms with van der Waals surface area (Å²) in [6.45, 7) is 1.99. The number of hydrogen-bond acceptors (Lipinski definition) is 2. The Kier molecular flexibility index (Phi) is 3.82. The summed E-state index contributed by atoms with van der Waals surface area (Å²) in [5.74, 6) is 0. The van der Waals surface area contributed by atoms with Gasteiger partial charge in [-0.05, 0) is 41.8 Å². The van der Waals surface area contributed by atoms with Gasteiger partial charge in [0.1, 0.15) is 0 Å². The summed E-state index contributed by atoms with van der Waals surface area (Å²) >= 11 is 9.58. The minimum atomic E-state index is -0.257. The second-order valence-corrected chi connectivity index (χ2v) is 5.26. The van der Waals surface area contributed by atoms with Gasteiger partial charge in [-0.1, -0.05) is 33.6 Å². The molecular weight excluding hydrogens is 300 g/mol. The molecule has 88 valence electrons. The highest BCUT2D eigenvalue weighted by molar-refractivity contribution is 9.10. The van der Waals surface area contributed by atoms with E-state index in [-0.39, 0.29) is 6.04 Å². The van der Waals surface area contributed by atoms with E-state index in [1.165, 1.54) is 0 Å². The van der Waals surface area contributed by atoms with Crippen LogP contribution in [0, 0.1) is 6.92 Å². The van der Waals surface area contributed by atoms with Crippen LogP contribution in [0.4, 0.5) is 0 Å². The number of aryl methyl sites for hydroxylation is 1. The van der Waals surface area contributed by atoms with Gasteiger partial charge in [0.15, 0.2) is 0 Å². The van der Waals surface area contributed by atoms with Gasteiger partial charge >= 0.3 is 0 Å². The number of nitrogens with two attached hydrogens (primary N) is 1. The maximum absolute atomic E-state index is 6.21. The van der Waals surface area contributed by atoms with Crippen molar-refractivity contribution >= 4 is 27.5 Å². The second-order valence-electron chi connectivity index (χ2n) is 3.94. The SMILES string of the molecule is Cc1cncc(C(N)c2cc(Br)ccc2Cl)c1. The summed E-state index contributed by atoms with van der Waals surface area (Å²) in [5, 5.41) is 0.669. The van der Waals surface area contributed by atoms with Crippen LogP contribution in [0.5, 0.6) is 0 Å². The molecule has 1 heterocycles. The Balaban J connectivity index is 2.43. The van der Waals surface area contributed by atoms with Crippen LogP contribution in [-0.4, -0.2) is 4.98 Å². The topological polar surface area (TPSA) is 38.9 Å². The Hall–Kier alpha value is -0.900. The third-order valence-electron chi connectivity index (χ3n) is 2.55. The van der Waals surface area contributed by atoms with Crippen LogP contribution in [-0.2, 0) is 0 Å². The summed E-state index contributed by atoms with van der Waals surface area (Å²) in [6, 6.07) is 7.44. The zero-order valence-corrected chi connectivity index (χ0v) is 11.7. The van der Waals surface area contributed by atoms with Crippen LogP contribution in [0.3, 0.4) is 0 Å². The molecule has 17 heavy (non-hydrogen) atoms. The highest BCUT2D eigenvalue weighted by Crippen LogP contribution is 2.29. The fraction of sp³-hybridized carbons (Fsp3) is 0.154. The van der Waals surface area contributed by atoms with Crippen LogP contribution < -0.4 is 5.73 Å². The van der Waals surface area contributed by atoms with Gasteiger partial charge in [-0.15, -0.1) is 0 Å². The van der Waals surface area contributed by atoms with E-state index >= 15 is 0 Å². The van der Waals surface area contributed by atoms with Crippen molar-refractivity contribution in [1.82, 2.24) is 4.98 Å². The first-order valence-corrected chi connectivity index (χ1v) is 6.37. The number of hydrogen-bond donors (Lipinski definition) is 1. The van der Waals surface area contributed by atoms with Crippen molar-refractivity contribution in [3.63, 3.8) is 0 Å². The quantitative estimate of drug-likeness (QED) is 0.915. The van der Waals surface area contributed by atoms with E-state index in [0.717, 1.165) is 21.2 Å². The van der Waals surface area contributed by atoms with Gasteiger partial charge in [0.05, 0.1) is 6.04 Å². The summed E-state index contributed by atoms with van der Waals surface area (Å²) < 4.78 is 0.966. The normalized spacial score (nSPS) is 12.5. The first kappa shape index (κ1) is 12.6. The van der Waals surface area contributed by atoms with Crippen molar-refractivity contribution in [2.24, 2.45) is 5.73 Å². The minimum Gasteiger partial charge on any atom is -0.320 e. The van der Waals surface area contributed by atoms with Crippen molar-refractivity contribution in [2.45, 2.75) is 13.0 Å². The van der Waals surface area contributed by atoms with Crippen molar-refractivity contribution in [2.75, 3.05) is 0 Å². The lowest BCUT2D eigenvalue weighted by atomic mass is 10.0. The Labute approximate surface area is 114 Å². The third-order valence-corrected chi connectivity index (χ3v) is 3.39. The molecular formula is C13H12BrClN2. The van der Waals surface area contributed by atoms with E-state index in [4.69, 9.17) is 17.3 Å². The van der Waals surface area contributed by atoms with E-state index in [1.54, 1.807) is 12.4 Å². The first-order chi connectivity index (χ1) is 8.08. The second kappa shape index (κ2) is 5.17. The van der Waals surface area contributed by atoms with E-state index in [9.17, 15) is 0 Å². The molecule has 2 N–H and O–H groups in total. The monoisotopic (exact) mass is 310 g/mol. The molecule has 4 heteroatoms. The molecule has 0 amide bonds. The van der Waals surface area contributed by atoms with Gasteiger partial charge in [0.25, 0.3) is 0 Å². The minimum absolute atomic E-state index is 0.257. The van der Waals surface area contributed by atoms with Crippen molar-refractivity contribution in [3.05, 3.63) is 62.8 Å². The molecule has 2 nitrogen and oxygen atoms in total. The molecule has 2 aromatic rings. The van der Waals surface area contributed by atoms with Crippen LogP contribution in [0.2, 0.25) is 5.02 Å². The van der Waals surface area contributed by atoms with Gasteiger partial charge in [0.2, 0.25) is 0 Å². The molecule has 1 unspecified atom stereocenters. The number of halogens is 2. The van der Waals surface area contributed by atoms with Crippen LogP contribution in [0.1, 0.15) is 22.7 Å². The predicted molar refractivity (Wildman–Crippen MR) is 74.2 cm³/mol. The van der Waals surface area contributed by atoms with Gasteiger partial charge in [-0.25, -0.2) is 0 Å². The molecule has 0 aliphatic carbocycles. The van der Waals surface area contributed by atoms with E-state index in [2.05, 4.69) is 20.9 Å². The molecule has 0 saturated carbocycles. The predicted octanol–water partition coefficient (Wildman–Crippen LogP) is 3.85. The van der Waals surface area contributed by atoms with Crippen LogP contribution in [0.25, 0.3) is 0 Å². The summed E-state index contributed by atoms with van der Waals surface area (Å²) in [4.78, 5) is 4.15. The number of pyridine rings is 1. The molecule has 0 spiro atoms. The molecule has 0 saturated heterocycles. The number of benzene rings is 1. The smallest absolute Gasteiger partial charge is 0.0582 e. The Morgan fingerprint density at radius 3 is 2.76 bits per heavy atom. The summed E-state index contributed by atoms with van der Waals surface area (Å²) in [7, 11) is 0. The van der Waals surface area contributed by atoms with Gasteiger partial charge < -0.3 is 5.73 Å². The van der Waals surface area contributed by atoms with E-state index < -0.39 is 0 Å². The van der Waals surface area contributed by atoms with Crippen molar-refractivity contribution in [1.29, 1.82) is 0 Å². The zero-order chi connectivity index (χ0) is 12.4. The molecule has 1 atom stereocenters. The first-order valence-electron chi connectivity index (χ1n) is 5.20. The summed E-state index contributed by atoms with van der Waals surface area (Å²) in [5.41, 5.74) is 9.16. The number of nitrogens with zero attached hydrogens (tertiary/aromatic N) is 1. The lowest BCUT2D eigenvalue weighted by Crippen LogP contribution is -2.13. The largest absolute Gasteiger partial charge is 0.320 e. The zero-order valence-electron chi connectivity index (χ0n) is 9.32. The Morgan fingerprint density at radius 2 is 2.06 bits per heavy atom. The fourth-order valence-corrected chi connectivity index (χ4v) is 2.29. The average Bonchev–Trinajstić information content (AvgIpc) is 2.31. The lowest BCUT2D eigenvalue weighted by molar-refractivity contribution is 0.860. The van der Waals surface area contributed by atoms with E-state index in [1.807, 2.05) is 31.2 Å². The average molecular weight is 312 g/mol. The standard InChI is InChI=1S/C13H12BrClN2/c1-8-4-9(7-17-6-8)13(16)11-5-10(14)2-3-12(11)15/h2-7,13H,16H2,1H3. The van der Waals surface area contributed by atoms with Gasteiger partial charge in [0, 0.05) is 21.9 Å². The van der Waals surface area contributed by atoms with Crippen LogP contribution in [0.15, 0.2) is 41.1 Å². The van der Waals surface area contributed by atoms with Gasteiger partial charge in [-0.2, -0.15) is 0 Å². The molecule has 2 rings (SSSR count). The molecule has 0 aliphatic heterocycles. The molecule has 0 radical (unpaired) electrons. The maximum atomic E-state index is 6.21. The van der Waals surface area contributed by atoms with Crippen molar-refractivity contribution < 1.29 is 0 Å². The highest BCUT2D eigenvalue weighted by atomic mass is 79.9. The van der Waals surface area contributed by atoms with Crippen LogP contribution >= 0.6 is 27.5 Å². The Bertz CT molecular complexity index is 543. The molecule has 1 aromatic heterocycles. The molecule has 1 aromatic carbocycles.